The number of nitrogens with zero attached hydrogens (tertiary/aromatic N) is 2. The molecule has 1 saturated heterocycles. The average molecular weight is 348 g/mol. The number of hydrogen-bond donors (Lipinski definition) is 2. The Morgan fingerprint density at radius 2 is 1.88 bits per heavy atom. The van der Waals surface area contributed by atoms with Crippen LogP contribution in [0.2, 0.25) is 0 Å². The second-order valence-electron chi connectivity index (χ2n) is 5.48. The Hall–Kier alpha value is -2.77. The third-order valence-electron chi connectivity index (χ3n) is 3.75. The van der Waals surface area contributed by atoms with Gasteiger partial charge in [0.25, 0.3) is 5.91 Å². The fourth-order valence-electron chi connectivity index (χ4n) is 2.35. The van der Waals surface area contributed by atoms with Gasteiger partial charge in [-0.15, -0.1) is 0 Å². The molecule has 0 spiro atoms. The van der Waals surface area contributed by atoms with Crippen molar-refractivity contribution in [2.75, 3.05) is 38.7 Å². The molecular weight excluding hydrogens is 324 g/mol. The number of hydrogen-bond acceptors (Lipinski definition) is 6. The van der Waals surface area contributed by atoms with Gasteiger partial charge in [0, 0.05) is 37.3 Å². The van der Waals surface area contributed by atoms with E-state index in [1.54, 1.807) is 18.9 Å². The summed E-state index contributed by atoms with van der Waals surface area (Å²) in [6.45, 7) is 3.38. The van der Waals surface area contributed by atoms with E-state index in [4.69, 9.17) is 9.47 Å². The summed E-state index contributed by atoms with van der Waals surface area (Å²) in [5, 5.41) is 7.15. The van der Waals surface area contributed by atoms with Crippen molar-refractivity contribution in [2.45, 2.75) is 19.8 Å². The lowest BCUT2D eigenvalue weighted by Crippen LogP contribution is -2.39. The van der Waals surface area contributed by atoms with Crippen molar-refractivity contribution < 1.29 is 19.1 Å². The van der Waals surface area contributed by atoms with E-state index in [1.165, 1.54) is 0 Å². The molecule has 1 heterocycles. The van der Waals surface area contributed by atoms with Crippen LogP contribution in [-0.4, -0.2) is 56.0 Å². The van der Waals surface area contributed by atoms with E-state index in [0.717, 1.165) is 17.1 Å². The molecule has 136 valence electrons. The second-order valence-corrected chi connectivity index (χ2v) is 5.48. The molecule has 2 N–H and O–H groups in total. The summed E-state index contributed by atoms with van der Waals surface area (Å²) in [5.74, 6) is 0.534. The average Bonchev–Trinajstić information content (AvgIpc) is 2.65. The van der Waals surface area contributed by atoms with Crippen LogP contribution in [0.25, 0.3) is 0 Å². The number of piperidine rings is 1. The molecule has 1 fully saturated rings. The van der Waals surface area contributed by atoms with Gasteiger partial charge in [-0.1, -0.05) is 0 Å². The molecular formula is C17H24N4O4. The highest BCUT2D eigenvalue weighted by atomic mass is 16.6. The first-order valence-corrected chi connectivity index (χ1v) is 8.26. The van der Waals surface area contributed by atoms with Crippen molar-refractivity contribution in [1.29, 1.82) is 0 Å². The molecule has 8 nitrogen and oxygen atoms in total. The molecule has 2 rings (SSSR count). The molecule has 1 aromatic carbocycles. The van der Waals surface area contributed by atoms with Gasteiger partial charge in [-0.2, -0.15) is 5.10 Å². The molecule has 25 heavy (non-hydrogen) atoms. The van der Waals surface area contributed by atoms with Gasteiger partial charge in [-0.05, 0) is 31.2 Å². The van der Waals surface area contributed by atoms with Crippen LogP contribution < -0.4 is 15.5 Å². The Bertz CT molecular complexity index is 606. The van der Waals surface area contributed by atoms with E-state index in [1.807, 2.05) is 24.3 Å². The predicted octanol–water partition coefficient (Wildman–Crippen LogP) is 1.83. The van der Waals surface area contributed by atoms with Crippen LogP contribution in [0.5, 0.6) is 5.75 Å². The van der Waals surface area contributed by atoms with Crippen LogP contribution in [-0.2, 0) is 9.53 Å². The van der Waals surface area contributed by atoms with E-state index in [2.05, 4.69) is 15.8 Å². The largest absolute Gasteiger partial charge is 0.497 e. The summed E-state index contributed by atoms with van der Waals surface area (Å²) in [5.41, 5.74) is 4.24. The summed E-state index contributed by atoms with van der Waals surface area (Å²) >= 11 is 0. The van der Waals surface area contributed by atoms with E-state index in [0.29, 0.717) is 32.5 Å². The maximum Gasteiger partial charge on any atom is 0.409 e. The highest BCUT2D eigenvalue weighted by Crippen LogP contribution is 2.14. The molecule has 0 unspecified atom stereocenters. The lowest BCUT2D eigenvalue weighted by atomic mass is 10.1. The molecule has 0 saturated carbocycles. The predicted molar refractivity (Wildman–Crippen MR) is 94.9 cm³/mol. The number of amides is 2. The first kappa shape index (κ1) is 18.6. The number of carbonyl (C=O) groups excluding carboxylic acids is 2. The number of methoxy groups -OCH3 is 1. The van der Waals surface area contributed by atoms with E-state index in [9.17, 15) is 9.59 Å². The van der Waals surface area contributed by atoms with Crippen molar-refractivity contribution in [2.24, 2.45) is 5.10 Å². The number of rotatable bonds is 6. The zero-order chi connectivity index (χ0) is 18.1. The lowest BCUT2D eigenvalue weighted by Gasteiger charge is -2.26. The fraction of sp³-hybridized carbons (Fsp3) is 0.471. The minimum atomic E-state index is -0.297. The first-order valence-electron chi connectivity index (χ1n) is 8.26. The van der Waals surface area contributed by atoms with Gasteiger partial charge in [-0.25, -0.2) is 10.2 Å². The smallest absolute Gasteiger partial charge is 0.409 e. The number of benzene rings is 1. The van der Waals surface area contributed by atoms with Crippen LogP contribution in [0.3, 0.4) is 0 Å². The van der Waals surface area contributed by atoms with Crippen molar-refractivity contribution in [1.82, 2.24) is 10.3 Å². The molecule has 8 heteroatoms. The number of nitrogens with one attached hydrogen (secondary N) is 2. The van der Waals surface area contributed by atoms with Crippen molar-refractivity contribution in [3.8, 4) is 5.75 Å². The second kappa shape index (κ2) is 9.51. The van der Waals surface area contributed by atoms with Crippen molar-refractivity contribution in [3.63, 3.8) is 0 Å². The summed E-state index contributed by atoms with van der Waals surface area (Å²) in [7, 11) is 1.60. The maximum absolute atomic E-state index is 11.8. The normalized spacial score (nSPS) is 13.8. The number of likely N-dealkylation sites (tertiary alicyclic amines) is 1. The van der Waals surface area contributed by atoms with Crippen LogP contribution in [0, 0.1) is 0 Å². The van der Waals surface area contributed by atoms with Gasteiger partial charge in [0.1, 0.15) is 5.75 Å². The number of anilines is 1. The van der Waals surface area contributed by atoms with E-state index in [-0.39, 0.29) is 18.5 Å². The summed E-state index contributed by atoms with van der Waals surface area (Å²) in [6.07, 6.45) is 0.963. The van der Waals surface area contributed by atoms with E-state index >= 15 is 0 Å². The van der Waals surface area contributed by atoms with Crippen LogP contribution in [0.1, 0.15) is 19.8 Å². The Balaban J connectivity index is 1.70. The number of carbonyl (C=O) groups is 2. The molecule has 1 aromatic rings. The standard InChI is InChI=1S/C17H24N4O4/c1-3-25-17(23)21-10-8-14(9-11-21)19-20-16(22)12-18-13-4-6-15(24-2)7-5-13/h4-7,18H,3,8-12H2,1-2H3,(H,20,22). The van der Waals surface area contributed by atoms with Gasteiger partial charge in [-0.3, -0.25) is 4.79 Å². The maximum atomic E-state index is 11.8. The van der Waals surface area contributed by atoms with Gasteiger partial charge in [0.05, 0.1) is 20.3 Å². The SMILES string of the molecule is CCOC(=O)N1CCC(=NNC(=O)CNc2ccc(OC)cc2)CC1. The minimum absolute atomic E-state index is 0.123. The van der Waals surface area contributed by atoms with Crippen LogP contribution in [0.15, 0.2) is 29.4 Å². The van der Waals surface area contributed by atoms with Crippen LogP contribution >= 0.6 is 0 Å². The van der Waals surface area contributed by atoms with Gasteiger partial charge in [0.2, 0.25) is 0 Å². The summed E-state index contributed by atoms with van der Waals surface area (Å²) in [6, 6.07) is 7.31. The third kappa shape index (κ3) is 5.98. The van der Waals surface area contributed by atoms with Crippen molar-refractivity contribution in [3.05, 3.63) is 24.3 Å². The Kier molecular flexibility index (Phi) is 7.06. The molecule has 0 atom stereocenters. The van der Waals surface area contributed by atoms with Gasteiger partial charge >= 0.3 is 6.09 Å². The first-order chi connectivity index (χ1) is 12.1. The molecule has 0 bridgehead atoms. The molecule has 0 aromatic heterocycles. The number of hydrazone groups is 1. The highest BCUT2D eigenvalue weighted by Gasteiger charge is 2.20. The lowest BCUT2D eigenvalue weighted by molar-refractivity contribution is -0.119. The van der Waals surface area contributed by atoms with Crippen molar-refractivity contribution >= 4 is 23.4 Å². The molecule has 0 radical (unpaired) electrons. The topological polar surface area (TPSA) is 92.3 Å². The Morgan fingerprint density at radius 1 is 1.20 bits per heavy atom. The molecule has 0 aliphatic carbocycles. The highest BCUT2D eigenvalue weighted by molar-refractivity contribution is 5.89. The molecule has 1 aliphatic rings. The quantitative estimate of drug-likeness (QED) is 0.765. The zero-order valence-corrected chi connectivity index (χ0v) is 14.6. The van der Waals surface area contributed by atoms with Gasteiger partial charge < -0.3 is 19.7 Å². The van der Waals surface area contributed by atoms with E-state index < -0.39 is 0 Å². The summed E-state index contributed by atoms with van der Waals surface area (Å²) in [4.78, 5) is 25.1. The third-order valence-corrected chi connectivity index (χ3v) is 3.75. The Labute approximate surface area is 147 Å². The molecule has 2 amide bonds. The van der Waals surface area contributed by atoms with Crippen LogP contribution in [0.4, 0.5) is 10.5 Å². The number of ether oxygens (including phenoxy) is 2. The summed E-state index contributed by atoms with van der Waals surface area (Å²) < 4.78 is 10.0. The zero-order valence-electron chi connectivity index (χ0n) is 14.6. The van der Waals surface area contributed by atoms with Gasteiger partial charge in [0.15, 0.2) is 0 Å². The minimum Gasteiger partial charge on any atom is -0.497 e. The molecule has 1 aliphatic heterocycles. The Morgan fingerprint density at radius 3 is 2.48 bits per heavy atom. The monoisotopic (exact) mass is 348 g/mol. The fourth-order valence-corrected chi connectivity index (χ4v) is 2.35.